The number of hydrogen-bond donors (Lipinski definition) is 2. The molecule has 0 unspecified atom stereocenters. The molecule has 0 aliphatic heterocycles. The third-order valence-corrected chi connectivity index (χ3v) is 3.36. The molecule has 14 heavy (non-hydrogen) atoms. The monoisotopic (exact) mass is 244 g/mol. The van der Waals surface area contributed by atoms with Crippen LogP contribution >= 0.6 is 36.7 Å². The lowest BCUT2D eigenvalue weighted by molar-refractivity contribution is 0.755. The van der Waals surface area contributed by atoms with Gasteiger partial charge >= 0.3 is 0 Å². The molecule has 2 N–H and O–H groups in total. The maximum absolute atomic E-state index is 5.24. The summed E-state index contributed by atoms with van der Waals surface area (Å²) in [5.74, 6) is 0. The van der Waals surface area contributed by atoms with E-state index in [1.807, 2.05) is 18.7 Å². The van der Waals surface area contributed by atoms with Gasteiger partial charge in [0, 0.05) is 14.1 Å². The fourth-order valence-electron chi connectivity index (χ4n) is 1.36. The van der Waals surface area contributed by atoms with Gasteiger partial charge in [0.1, 0.15) is 15.8 Å². The summed E-state index contributed by atoms with van der Waals surface area (Å²) in [6.07, 6.45) is 0. The Morgan fingerprint density at radius 3 is 2.29 bits per heavy atom. The first-order chi connectivity index (χ1) is 6.52. The maximum atomic E-state index is 5.24. The van der Waals surface area contributed by atoms with E-state index in [0.29, 0.717) is 14.2 Å². The second kappa shape index (κ2) is 3.11. The van der Waals surface area contributed by atoms with Crippen molar-refractivity contribution in [1.29, 1.82) is 0 Å². The first-order valence-corrected chi connectivity index (χ1v) is 5.13. The van der Waals surface area contributed by atoms with Gasteiger partial charge in [-0.15, -0.1) is 0 Å². The average Bonchev–Trinajstić information content (AvgIpc) is 2.54. The zero-order valence-electron chi connectivity index (χ0n) is 7.62. The Morgan fingerprint density at radius 1 is 1.00 bits per heavy atom. The Labute approximate surface area is 95.2 Å². The highest BCUT2D eigenvalue weighted by atomic mass is 32.1. The molecule has 7 heteroatoms. The van der Waals surface area contributed by atoms with Gasteiger partial charge in [0.2, 0.25) is 0 Å². The molecule has 0 aliphatic rings. The Bertz CT molecular complexity index is 669. The van der Waals surface area contributed by atoms with Gasteiger partial charge in [-0.3, -0.25) is 0 Å². The van der Waals surface area contributed by atoms with Gasteiger partial charge in [-0.1, -0.05) is 12.2 Å². The molecule has 0 aromatic carbocycles. The quantitative estimate of drug-likeness (QED) is 0.699. The highest BCUT2D eigenvalue weighted by Crippen LogP contribution is 2.11. The van der Waals surface area contributed by atoms with Gasteiger partial charge in [-0.05, 0) is 24.4 Å². The minimum absolute atomic E-state index is 0.558. The largest absolute Gasteiger partial charge is 0.327 e. The molecule has 0 fully saturated rings. The molecule has 2 heterocycles. The fourth-order valence-corrected chi connectivity index (χ4v) is 2.03. The van der Waals surface area contributed by atoms with Crippen LogP contribution in [0.15, 0.2) is 0 Å². The molecule has 2 rings (SSSR count). The first-order valence-electron chi connectivity index (χ1n) is 3.90. The van der Waals surface area contributed by atoms with E-state index in [0.717, 1.165) is 11.2 Å². The van der Waals surface area contributed by atoms with Crippen molar-refractivity contribution in [3.8, 4) is 0 Å². The van der Waals surface area contributed by atoms with E-state index >= 15 is 0 Å². The van der Waals surface area contributed by atoms with Crippen molar-refractivity contribution in [3.05, 3.63) is 14.2 Å². The number of rotatable bonds is 0. The smallest absolute Gasteiger partial charge is 0.181 e. The van der Waals surface area contributed by atoms with Crippen LogP contribution in [0.4, 0.5) is 0 Å². The van der Waals surface area contributed by atoms with E-state index in [4.69, 9.17) is 36.7 Å². The van der Waals surface area contributed by atoms with Crippen molar-refractivity contribution < 1.29 is 0 Å². The van der Waals surface area contributed by atoms with Crippen LogP contribution in [0, 0.1) is 14.2 Å². The molecule has 2 aromatic heterocycles. The van der Waals surface area contributed by atoms with E-state index < -0.39 is 0 Å². The molecule has 0 spiro atoms. The van der Waals surface area contributed by atoms with Crippen molar-refractivity contribution in [1.82, 2.24) is 19.1 Å². The number of nitrogens with one attached hydrogen (secondary N) is 2. The van der Waals surface area contributed by atoms with E-state index in [9.17, 15) is 0 Å². The summed E-state index contributed by atoms with van der Waals surface area (Å²) in [6.45, 7) is 0. The van der Waals surface area contributed by atoms with Crippen LogP contribution in [0.2, 0.25) is 0 Å². The normalized spacial score (nSPS) is 11.0. The minimum atomic E-state index is 0.558. The summed E-state index contributed by atoms with van der Waals surface area (Å²) in [5.41, 5.74) is 1.66. The standard InChI is InChI=1S/C7H8N4S3/c1-10-4-3(8-6(13)9-4)5(12)11(2)7(10)14/h1-2H3,(H2,8,9,13). The van der Waals surface area contributed by atoms with Crippen LogP contribution in [-0.2, 0) is 14.1 Å². The van der Waals surface area contributed by atoms with Gasteiger partial charge in [0.25, 0.3) is 0 Å². The fraction of sp³-hybridized carbons (Fsp3) is 0.286. The molecule has 2 aromatic rings. The van der Waals surface area contributed by atoms with Crippen molar-refractivity contribution >= 4 is 47.8 Å². The van der Waals surface area contributed by atoms with Crippen molar-refractivity contribution in [2.24, 2.45) is 14.1 Å². The lowest BCUT2D eigenvalue weighted by Crippen LogP contribution is -2.05. The SMILES string of the molecule is Cn1c(=S)c2[nH]c(=S)[nH]c2n(C)c1=S. The van der Waals surface area contributed by atoms with Gasteiger partial charge in [0.05, 0.1) is 0 Å². The molecule has 0 radical (unpaired) electrons. The molecule has 0 aliphatic carbocycles. The summed E-state index contributed by atoms with van der Waals surface area (Å²) >= 11 is 15.5. The maximum Gasteiger partial charge on any atom is 0.181 e. The molecule has 0 saturated heterocycles. The van der Waals surface area contributed by atoms with Crippen molar-refractivity contribution in [2.75, 3.05) is 0 Å². The van der Waals surface area contributed by atoms with Crippen LogP contribution in [0.3, 0.4) is 0 Å². The summed E-state index contributed by atoms with van der Waals surface area (Å²) in [6, 6.07) is 0. The van der Waals surface area contributed by atoms with Crippen LogP contribution < -0.4 is 0 Å². The first kappa shape index (κ1) is 9.75. The lowest BCUT2D eigenvalue weighted by atomic mass is 10.5. The summed E-state index contributed by atoms with van der Waals surface area (Å²) in [7, 11) is 3.71. The third-order valence-electron chi connectivity index (χ3n) is 2.14. The van der Waals surface area contributed by atoms with Gasteiger partial charge < -0.3 is 19.1 Å². The number of imidazole rings is 1. The second-order valence-electron chi connectivity index (χ2n) is 3.01. The van der Waals surface area contributed by atoms with Gasteiger partial charge in [-0.25, -0.2) is 0 Å². The molecule has 0 atom stereocenters. The Balaban J connectivity index is 3.26. The molecular weight excluding hydrogens is 236 g/mol. The van der Waals surface area contributed by atoms with Crippen molar-refractivity contribution in [3.63, 3.8) is 0 Å². The number of aromatic nitrogens is 4. The predicted octanol–water partition coefficient (Wildman–Crippen LogP) is 2.36. The van der Waals surface area contributed by atoms with E-state index in [1.165, 1.54) is 0 Å². The van der Waals surface area contributed by atoms with Crippen LogP contribution in [0.1, 0.15) is 0 Å². The van der Waals surface area contributed by atoms with Crippen molar-refractivity contribution in [2.45, 2.75) is 0 Å². The second-order valence-corrected chi connectivity index (χ2v) is 4.17. The molecule has 74 valence electrons. The number of aryl methyl sites for hydroxylation is 1. The Hall–Kier alpha value is -0.790. The van der Waals surface area contributed by atoms with Crippen LogP contribution in [0.5, 0.6) is 0 Å². The number of H-pyrrole nitrogens is 2. The zero-order chi connectivity index (χ0) is 10.5. The number of hydrogen-bond acceptors (Lipinski definition) is 3. The molecule has 0 bridgehead atoms. The van der Waals surface area contributed by atoms with E-state index in [2.05, 4.69) is 9.97 Å². The number of fused-ring (bicyclic) bond motifs is 1. The predicted molar refractivity (Wildman–Crippen MR) is 63.1 cm³/mol. The van der Waals surface area contributed by atoms with E-state index in [1.54, 1.807) is 4.57 Å². The van der Waals surface area contributed by atoms with E-state index in [-0.39, 0.29) is 0 Å². The average molecular weight is 244 g/mol. The third kappa shape index (κ3) is 1.20. The Kier molecular flexibility index (Phi) is 2.17. The van der Waals surface area contributed by atoms with Crippen LogP contribution in [0.25, 0.3) is 11.2 Å². The minimum Gasteiger partial charge on any atom is -0.327 e. The summed E-state index contributed by atoms with van der Waals surface area (Å²) in [4.78, 5) is 6.01. The topological polar surface area (TPSA) is 41.4 Å². The number of aromatic amines is 2. The molecule has 0 amide bonds. The molecular formula is C7H8N4S3. The van der Waals surface area contributed by atoms with Gasteiger partial charge in [-0.2, -0.15) is 0 Å². The lowest BCUT2D eigenvalue weighted by Gasteiger charge is -2.05. The Morgan fingerprint density at radius 2 is 1.64 bits per heavy atom. The molecule has 4 nitrogen and oxygen atoms in total. The highest BCUT2D eigenvalue weighted by molar-refractivity contribution is 7.72. The summed E-state index contributed by atoms with van der Waals surface area (Å²) in [5, 5.41) is 0. The highest BCUT2D eigenvalue weighted by Gasteiger charge is 2.04. The van der Waals surface area contributed by atoms with Gasteiger partial charge in [0.15, 0.2) is 9.54 Å². The number of nitrogens with zero attached hydrogens (tertiary/aromatic N) is 2. The zero-order valence-corrected chi connectivity index (χ0v) is 10.1. The van der Waals surface area contributed by atoms with Crippen LogP contribution in [-0.4, -0.2) is 19.1 Å². The molecule has 0 saturated carbocycles. The summed E-state index contributed by atoms with van der Waals surface area (Å²) < 4.78 is 5.49.